The Morgan fingerprint density at radius 2 is 1.77 bits per heavy atom. The van der Waals surface area contributed by atoms with Gasteiger partial charge in [-0.25, -0.2) is 4.79 Å². The monoisotopic (exact) mass is 473 g/mol. The van der Waals surface area contributed by atoms with E-state index >= 15 is 0 Å². The number of nitrogens with one attached hydrogen (secondary N) is 1. The van der Waals surface area contributed by atoms with Crippen LogP contribution in [0, 0.1) is 18.8 Å². The van der Waals surface area contributed by atoms with Gasteiger partial charge in [0.15, 0.2) is 0 Å². The van der Waals surface area contributed by atoms with Gasteiger partial charge in [-0.1, -0.05) is 30.3 Å². The molecule has 2 heterocycles. The number of aliphatic carboxylic acids is 1. The predicted octanol–water partition coefficient (Wildman–Crippen LogP) is 5.06. The van der Waals surface area contributed by atoms with Crippen molar-refractivity contribution in [2.24, 2.45) is 11.8 Å². The maximum absolute atomic E-state index is 12.7. The molecule has 5 rings (SSSR count). The zero-order valence-corrected chi connectivity index (χ0v) is 19.5. The van der Waals surface area contributed by atoms with E-state index in [0.717, 1.165) is 40.3 Å². The molecule has 7 nitrogen and oxygen atoms in total. The highest BCUT2D eigenvalue weighted by Crippen LogP contribution is 2.34. The van der Waals surface area contributed by atoms with Gasteiger partial charge in [-0.05, 0) is 55.7 Å². The molecule has 0 unspecified atom stereocenters. The molecule has 180 valence electrons. The molecule has 1 aliphatic rings. The molecule has 0 radical (unpaired) electrons. The van der Waals surface area contributed by atoms with E-state index in [4.69, 9.17) is 13.9 Å². The van der Waals surface area contributed by atoms with E-state index in [-0.39, 0.29) is 24.2 Å². The van der Waals surface area contributed by atoms with Crippen molar-refractivity contribution >= 4 is 33.8 Å². The van der Waals surface area contributed by atoms with Crippen molar-refractivity contribution in [1.82, 2.24) is 5.32 Å². The molecule has 1 aliphatic carbocycles. The number of furan rings is 1. The van der Waals surface area contributed by atoms with E-state index in [0.29, 0.717) is 36.1 Å². The summed E-state index contributed by atoms with van der Waals surface area (Å²) < 4.78 is 11.3. The van der Waals surface area contributed by atoms with Crippen molar-refractivity contribution in [1.29, 1.82) is 0 Å². The summed E-state index contributed by atoms with van der Waals surface area (Å²) in [4.78, 5) is 36.5. The van der Waals surface area contributed by atoms with Crippen LogP contribution >= 0.6 is 0 Å². The highest BCUT2D eigenvalue weighted by molar-refractivity contribution is 6.02. The maximum Gasteiger partial charge on any atom is 0.340 e. The fraction of sp³-hybridized carbons (Fsp3) is 0.321. The standard InChI is InChI=1S/C28H27NO6/c1-16-20-11-22-23(18-5-3-2-4-6-18)15-34-24(22)13-25(20)35-28(33)21(16)12-26(30)29-14-17-7-9-19(10-8-17)27(31)32/h2-6,11,13,15,17,19H,7-10,12,14H2,1H3,(H,29,30)(H,31,32). The molecule has 1 fully saturated rings. The highest BCUT2D eigenvalue weighted by atomic mass is 16.4. The number of aryl methyl sites for hydroxylation is 1. The molecule has 0 bridgehead atoms. The molecule has 0 saturated heterocycles. The van der Waals surface area contributed by atoms with Gasteiger partial charge in [0.05, 0.1) is 24.2 Å². The Morgan fingerprint density at radius 3 is 2.49 bits per heavy atom. The Hall–Kier alpha value is -3.87. The molecule has 2 aromatic carbocycles. The zero-order valence-electron chi connectivity index (χ0n) is 19.5. The first kappa shape index (κ1) is 22.9. The van der Waals surface area contributed by atoms with Gasteiger partial charge in [0.1, 0.15) is 11.2 Å². The number of amides is 1. The highest BCUT2D eigenvalue weighted by Gasteiger charge is 2.26. The van der Waals surface area contributed by atoms with E-state index in [1.165, 1.54) is 0 Å². The Morgan fingerprint density at radius 1 is 1.03 bits per heavy atom. The summed E-state index contributed by atoms with van der Waals surface area (Å²) in [7, 11) is 0. The molecule has 35 heavy (non-hydrogen) atoms. The predicted molar refractivity (Wildman–Crippen MR) is 132 cm³/mol. The van der Waals surface area contributed by atoms with E-state index in [1.54, 1.807) is 12.3 Å². The first-order valence-electron chi connectivity index (χ1n) is 11.9. The summed E-state index contributed by atoms with van der Waals surface area (Å²) >= 11 is 0. The van der Waals surface area contributed by atoms with Crippen LogP contribution in [-0.2, 0) is 16.0 Å². The molecule has 0 atom stereocenters. The van der Waals surface area contributed by atoms with Crippen LogP contribution in [-0.4, -0.2) is 23.5 Å². The fourth-order valence-corrected chi connectivity index (χ4v) is 5.05. The molecular formula is C28H27NO6. The molecule has 0 spiro atoms. The van der Waals surface area contributed by atoms with Crippen molar-refractivity contribution in [3.8, 4) is 11.1 Å². The number of hydrogen-bond donors (Lipinski definition) is 2. The van der Waals surface area contributed by atoms with Gasteiger partial charge in [0, 0.05) is 28.9 Å². The molecule has 1 amide bonds. The van der Waals surface area contributed by atoms with E-state index in [2.05, 4.69) is 5.32 Å². The lowest BCUT2D eigenvalue weighted by atomic mass is 9.82. The normalized spacial score (nSPS) is 18.1. The lowest BCUT2D eigenvalue weighted by molar-refractivity contribution is -0.143. The minimum atomic E-state index is -0.741. The van der Waals surface area contributed by atoms with Gasteiger partial charge in [0.2, 0.25) is 5.91 Å². The second-order valence-electron chi connectivity index (χ2n) is 9.39. The topological polar surface area (TPSA) is 110 Å². The van der Waals surface area contributed by atoms with Gasteiger partial charge in [-0.3, -0.25) is 9.59 Å². The SMILES string of the molecule is Cc1c(CC(=O)NCC2CCC(C(=O)O)CC2)c(=O)oc2cc3occ(-c4ccccc4)c3cc12. The number of carboxylic acids is 1. The van der Waals surface area contributed by atoms with Gasteiger partial charge in [0.25, 0.3) is 0 Å². The number of carbonyl (C=O) groups excluding carboxylic acids is 1. The Bertz CT molecular complexity index is 1460. The van der Waals surface area contributed by atoms with Crippen LogP contribution in [0.2, 0.25) is 0 Å². The molecular weight excluding hydrogens is 446 g/mol. The third-order valence-electron chi connectivity index (χ3n) is 7.19. The Kier molecular flexibility index (Phi) is 6.16. The number of hydrogen-bond acceptors (Lipinski definition) is 5. The largest absolute Gasteiger partial charge is 0.481 e. The van der Waals surface area contributed by atoms with Crippen molar-refractivity contribution in [3.63, 3.8) is 0 Å². The van der Waals surface area contributed by atoms with Crippen LogP contribution in [0.15, 0.2) is 62.4 Å². The third kappa shape index (κ3) is 4.58. The first-order valence-corrected chi connectivity index (χ1v) is 11.9. The second kappa shape index (κ2) is 9.41. The lowest BCUT2D eigenvalue weighted by Crippen LogP contribution is -2.34. The van der Waals surface area contributed by atoms with Crippen molar-refractivity contribution < 1.29 is 23.5 Å². The molecule has 7 heteroatoms. The summed E-state index contributed by atoms with van der Waals surface area (Å²) in [6, 6.07) is 13.6. The smallest absolute Gasteiger partial charge is 0.340 e. The number of rotatable bonds is 6. The van der Waals surface area contributed by atoms with Crippen LogP contribution in [0.4, 0.5) is 0 Å². The van der Waals surface area contributed by atoms with Crippen LogP contribution < -0.4 is 10.9 Å². The Labute approximate surface area is 201 Å². The fourth-order valence-electron chi connectivity index (χ4n) is 5.05. The maximum atomic E-state index is 12.7. The number of benzene rings is 2. The molecule has 0 aliphatic heterocycles. The minimum absolute atomic E-state index is 0.0659. The zero-order chi connectivity index (χ0) is 24.5. The Balaban J connectivity index is 1.36. The lowest BCUT2D eigenvalue weighted by Gasteiger charge is -2.26. The molecule has 2 N–H and O–H groups in total. The summed E-state index contributed by atoms with van der Waals surface area (Å²) in [5, 5.41) is 13.7. The molecule has 4 aromatic rings. The minimum Gasteiger partial charge on any atom is -0.481 e. The summed E-state index contributed by atoms with van der Waals surface area (Å²) in [5.74, 6) is -1.01. The van der Waals surface area contributed by atoms with Crippen molar-refractivity contribution in [3.05, 3.63) is 70.3 Å². The first-order chi connectivity index (χ1) is 16.9. The van der Waals surface area contributed by atoms with Gasteiger partial charge in [-0.15, -0.1) is 0 Å². The number of fused-ring (bicyclic) bond motifs is 2. The summed E-state index contributed by atoms with van der Waals surface area (Å²) in [5.41, 5.74) is 3.56. The average Bonchev–Trinajstić information content (AvgIpc) is 3.28. The van der Waals surface area contributed by atoms with Gasteiger partial charge in [-0.2, -0.15) is 0 Å². The van der Waals surface area contributed by atoms with Crippen LogP contribution in [0.5, 0.6) is 0 Å². The van der Waals surface area contributed by atoms with Crippen LogP contribution in [0.3, 0.4) is 0 Å². The average molecular weight is 474 g/mol. The van der Waals surface area contributed by atoms with Crippen LogP contribution in [0.25, 0.3) is 33.1 Å². The molecule has 2 aromatic heterocycles. The molecule has 1 saturated carbocycles. The van der Waals surface area contributed by atoms with Crippen LogP contribution in [0.1, 0.15) is 36.8 Å². The quantitative estimate of drug-likeness (QED) is 0.379. The summed E-state index contributed by atoms with van der Waals surface area (Å²) in [6.07, 6.45) is 4.46. The third-order valence-corrected chi connectivity index (χ3v) is 7.19. The summed E-state index contributed by atoms with van der Waals surface area (Å²) in [6.45, 7) is 2.32. The second-order valence-corrected chi connectivity index (χ2v) is 9.39. The van der Waals surface area contributed by atoms with Gasteiger partial charge < -0.3 is 19.3 Å². The van der Waals surface area contributed by atoms with E-state index < -0.39 is 11.6 Å². The number of carbonyl (C=O) groups is 2. The van der Waals surface area contributed by atoms with E-state index in [1.807, 2.05) is 43.3 Å². The van der Waals surface area contributed by atoms with E-state index in [9.17, 15) is 14.4 Å². The van der Waals surface area contributed by atoms with Crippen molar-refractivity contribution in [2.75, 3.05) is 6.54 Å². The van der Waals surface area contributed by atoms with Gasteiger partial charge >= 0.3 is 11.6 Å². The number of carboxylic acid groups (broad SMARTS) is 1. The van der Waals surface area contributed by atoms with Crippen molar-refractivity contribution in [2.45, 2.75) is 39.0 Å².